The third-order valence-electron chi connectivity index (χ3n) is 10.6. The minimum atomic E-state index is -1.45. The summed E-state index contributed by atoms with van der Waals surface area (Å²) >= 11 is 6.37. The van der Waals surface area contributed by atoms with Crippen molar-refractivity contribution >= 4 is 51.7 Å². The van der Waals surface area contributed by atoms with Crippen LogP contribution in [0.5, 0.6) is 5.75 Å². The van der Waals surface area contributed by atoms with Gasteiger partial charge in [0.2, 0.25) is 23.6 Å². The summed E-state index contributed by atoms with van der Waals surface area (Å²) in [5, 5.41) is 13.8. The number of nitrogens with zero attached hydrogens (tertiary/aromatic N) is 2. The number of hydrogen-bond acceptors (Lipinski definition) is 5. The van der Waals surface area contributed by atoms with E-state index in [4.69, 9.17) is 11.6 Å². The summed E-state index contributed by atoms with van der Waals surface area (Å²) in [6, 6.07) is 27.1. The Morgan fingerprint density at radius 1 is 0.822 bits per heavy atom. The minimum Gasteiger partial charge on any atom is -0.508 e. The van der Waals surface area contributed by atoms with Crippen molar-refractivity contribution in [2.24, 2.45) is 23.7 Å². The second kappa shape index (κ2) is 9.88. The van der Waals surface area contributed by atoms with Crippen molar-refractivity contribution in [2.45, 2.75) is 24.2 Å². The summed E-state index contributed by atoms with van der Waals surface area (Å²) in [5.74, 6) is -4.63. The Morgan fingerprint density at radius 3 is 2.36 bits per heavy atom. The number of phenols is 1. The van der Waals surface area contributed by atoms with Crippen molar-refractivity contribution in [3.8, 4) is 5.75 Å². The van der Waals surface area contributed by atoms with Crippen LogP contribution in [0, 0.1) is 23.7 Å². The number of hydrogen-bond donors (Lipinski definition) is 1. The minimum absolute atomic E-state index is 0.00354. The van der Waals surface area contributed by atoms with Crippen molar-refractivity contribution in [1.29, 1.82) is 0 Å². The quantitative estimate of drug-likeness (QED) is 0.225. The van der Waals surface area contributed by atoms with E-state index in [2.05, 4.69) is 0 Å². The molecule has 4 aromatic rings. The number of rotatable bonds is 3. The van der Waals surface area contributed by atoms with Crippen LogP contribution in [0.1, 0.15) is 29.9 Å². The van der Waals surface area contributed by atoms with Crippen LogP contribution in [0.2, 0.25) is 5.02 Å². The van der Waals surface area contributed by atoms with Gasteiger partial charge in [-0.3, -0.25) is 24.1 Å². The predicted molar refractivity (Wildman–Crippen MR) is 169 cm³/mol. The van der Waals surface area contributed by atoms with E-state index in [1.165, 1.54) is 16.8 Å². The molecule has 4 amide bonds. The highest BCUT2D eigenvalue weighted by atomic mass is 35.5. The van der Waals surface area contributed by atoms with Crippen molar-refractivity contribution in [3.05, 3.63) is 119 Å². The number of carbonyl (C=O) groups is 4. The summed E-state index contributed by atoms with van der Waals surface area (Å²) in [7, 11) is 1.51. The topological polar surface area (TPSA) is 95.0 Å². The first-order valence-corrected chi connectivity index (χ1v) is 15.5. The van der Waals surface area contributed by atoms with Crippen LogP contribution in [-0.4, -0.2) is 40.7 Å². The van der Waals surface area contributed by atoms with E-state index in [0.29, 0.717) is 28.3 Å². The molecule has 6 unspecified atom stereocenters. The standard InChI is InChI=1S/C37H29ClN2O5/c1-39-33(42)26-16-15-25-27(30(26)35(39)44)19-28-34(43)40(23-12-7-11-22(38)18-23)36(45)37(28,21-9-3-2-4-10-21)32(25)31-24-13-6-5-8-20(24)14-17-29(31)41/h2-15,17-18,26-28,30,32,41H,16,19H2,1H3. The Balaban J connectivity index is 1.47. The molecule has 4 aliphatic rings. The highest BCUT2D eigenvalue weighted by molar-refractivity contribution is 6.32. The number of fused-ring (bicyclic) bond motifs is 5. The molecule has 0 radical (unpaired) electrons. The van der Waals surface area contributed by atoms with E-state index in [-0.39, 0.29) is 29.9 Å². The van der Waals surface area contributed by atoms with Crippen molar-refractivity contribution in [2.75, 3.05) is 11.9 Å². The molecule has 3 fully saturated rings. The van der Waals surface area contributed by atoms with Gasteiger partial charge in [0.25, 0.3) is 0 Å². The van der Waals surface area contributed by atoms with Crippen molar-refractivity contribution in [1.82, 2.24) is 4.90 Å². The number of likely N-dealkylation sites (tertiary alicyclic amines) is 1. The second-order valence-electron chi connectivity index (χ2n) is 12.5. The molecule has 1 N–H and O–H groups in total. The molecule has 2 saturated heterocycles. The van der Waals surface area contributed by atoms with Gasteiger partial charge in [0, 0.05) is 23.6 Å². The van der Waals surface area contributed by atoms with Crippen LogP contribution in [0.4, 0.5) is 5.69 Å². The first kappa shape index (κ1) is 27.8. The van der Waals surface area contributed by atoms with E-state index >= 15 is 4.79 Å². The predicted octanol–water partition coefficient (Wildman–Crippen LogP) is 5.99. The number of benzene rings is 4. The molecule has 45 heavy (non-hydrogen) atoms. The zero-order valence-corrected chi connectivity index (χ0v) is 25.1. The lowest BCUT2D eigenvalue weighted by molar-refractivity contribution is -0.138. The van der Waals surface area contributed by atoms with Gasteiger partial charge in [0.1, 0.15) is 5.75 Å². The molecule has 1 saturated carbocycles. The molecule has 8 rings (SSSR count). The average molecular weight is 617 g/mol. The fourth-order valence-electron chi connectivity index (χ4n) is 8.80. The summed E-state index contributed by atoms with van der Waals surface area (Å²) in [6.45, 7) is 0. The van der Waals surface area contributed by atoms with Gasteiger partial charge >= 0.3 is 0 Å². The normalized spacial score (nSPS) is 29.1. The SMILES string of the molecule is CN1C(=O)C2CC=C3C(CC4C(=O)N(c5cccc(Cl)c5)C(=O)C4(c4ccccc4)C3c3c(O)ccc4ccccc34)C2C1=O. The van der Waals surface area contributed by atoms with E-state index in [0.717, 1.165) is 16.3 Å². The van der Waals surface area contributed by atoms with Crippen LogP contribution >= 0.6 is 11.6 Å². The highest BCUT2D eigenvalue weighted by Gasteiger charge is 2.70. The summed E-state index contributed by atoms with van der Waals surface area (Å²) in [6.07, 6.45) is 2.55. The Morgan fingerprint density at radius 2 is 1.58 bits per heavy atom. The molecular formula is C37H29ClN2O5. The van der Waals surface area contributed by atoms with E-state index in [1.54, 1.807) is 30.3 Å². The second-order valence-corrected chi connectivity index (χ2v) is 13.0. The number of halogens is 1. The summed E-state index contributed by atoms with van der Waals surface area (Å²) < 4.78 is 0. The summed E-state index contributed by atoms with van der Waals surface area (Å²) in [5.41, 5.74) is 0.922. The summed E-state index contributed by atoms with van der Waals surface area (Å²) in [4.78, 5) is 59.4. The van der Waals surface area contributed by atoms with Gasteiger partial charge in [-0.05, 0) is 59.4 Å². The zero-order chi connectivity index (χ0) is 31.2. The fourth-order valence-corrected chi connectivity index (χ4v) is 8.99. The molecule has 0 bridgehead atoms. The van der Waals surface area contributed by atoms with Gasteiger partial charge in [-0.15, -0.1) is 0 Å². The molecule has 2 heterocycles. The molecule has 0 aromatic heterocycles. The number of aromatic hydroxyl groups is 1. The lowest BCUT2D eigenvalue weighted by Gasteiger charge is -2.51. The molecule has 2 aliphatic heterocycles. The molecule has 4 aromatic carbocycles. The van der Waals surface area contributed by atoms with Crippen LogP contribution in [0.25, 0.3) is 10.8 Å². The number of allylic oxidation sites excluding steroid dienone is 2. The smallest absolute Gasteiger partial charge is 0.246 e. The Kier molecular flexibility index (Phi) is 6.10. The molecule has 224 valence electrons. The van der Waals surface area contributed by atoms with Crippen molar-refractivity contribution in [3.63, 3.8) is 0 Å². The molecule has 0 spiro atoms. The maximum atomic E-state index is 15.3. The number of imide groups is 2. The van der Waals surface area contributed by atoms with Gasteiger partial charge in [0.15, 0.2) is 0 Å². The monoisotopic (exact) mass is 616 g/mol. The fraction of sp³-hybridized carbons (Fsp3) is 0.243. The third kappa shape index (κ3) is 3.64. The van der Waals surface area contributed by atoms with Crippen LogP contribution in [-0.2, 0) is 24.6 Å². The van der Waals surface area contributed by atoms with Gasteiger partial charge in [-0.25, -0.2) is 4.90 Å². The molecule has 6 atom stereocenters. The Hall–Kier alpha value is -4.75. The van der Waals surface area contributed by atoms with Gasteiger partial charge in [-0.1, -0.05) is 90.0 Å². The molecule has 2 aliphatic carbocycles. The van der Waals surface area contributed by atoms with E-state index < -0.39 is 40.9 Å². The maximum Gasteiger partial charge on any atom is 0.246 e. The molecular weight excluding hydrogens is 588 g/mol. The number of amides is 4. The first-order valence-electron chi connectivity index (χ1n) is 15.2. The highest BCUT2D eigenvalue weighted by Crippen LogP contribution is 2.65. The lowest BCUT2D eigenvalue weighted by atomic mass is 9.48. The van der Waals surface area contributed by atoms with Crippen LogP contribution in [0.3, 0.4) is 0 Å². The van der Waals surface area contributed by atoms with Crippen molar-refractivity contribution < 1.29 is 24.3 Å². The number of anilines is 1. The maximum absolute atomic E-state index is 15.3. The molecule has 8 heteroatoms. The lowest BCUT2D eigenvalue weighted by Crippen LogP contribution is -2.53. The number of phenolic OH excluding ortho intramolecular Hbond substituents is 1. The van der Waals surface area contributed by atoms with Crippen LogP contribution in [0.15, 0.2) is 103 Å². The van der Waals surface area contributed by atoms with Gasteiger partial charge in [0.05, 0.1) is 28.9 Å². The Bertz CT molecular complexity index is 1990. The van der Waals surface area contributed by atoms with E-state index in [9.17, 15) is 19.5 Å². The average Bonchev–Trinajstić information content (AvgIpc) is 3.42. The largest absolute Gasteiger partial charge is 0.508 e. The third-order valence-corrected chi connectivity index (χ3v) is 10.9. The number of carbonyl (C=O) groups excluding carboxylic acids is 4. The molecule has 7 nitrogen and oxygen atoms in total. The van der Waals surface area contributed by atoms with Gasteiger partial charge in [-0.2, -0.15) is 0 Å². The zero-order valence-electron chi connectivity index (χ0n) is 24.4. The van der Waals surface area contributed by atoms with Crippen LogP contribution < -0.4 is 4.90 Å². The Labute approximate surface area is 264 Å². The first-order chi connectivity index (χ1) is 21.7. The van der Waals surface area contributed by atoms with Gasteiger partial charge < -0.3 is 5.11 Å². The van der Waals surface area contributed by atoms with E-state index in [1.807, 2.05) is 66.7 Å².